The van der Waals surface area contributed by atoms with Gasteiger partial charge in [0.15, 0.2) is 11.6 Å². The number of ether oxygens (including phenoxy) is 2. The summed E-state index contributed by atoms with van der Waals surface area (Å²) in [6, 6.07) is 0. The van der Waals surface area contributed by atoms with E-state index in [1.807, 2.05) is 0 Å². The van der Waals surface area contributed by atoms with Crippen LogP contribution in [0.15, 0.2) is 35.1 Å². The van der Waals surface area contributed by atoms with Crippen molar-refractivity contribution in [3.63, 3.8) is 0 Å². The third-order valence-electron chi connectivity index (χ3n) is 3.53. The van der Waals surface area contributed by atoms with Gasteiger partial charge in [-0.2, -0.15) is 0 Å². The van der Waals surface area contributed by atoms with Gasteiger partial charge >= 0.3 is 0 Å². The van der Waals surface area contributed by atoms with Gasteiger partial charge in [0.05, 0.1) is 5.76 Å². The molecule has 0 fully saturated rings. The summed E-state index contributed by atoms with van der Waals surface area (Å²) >= 11 is 0. The highest BCUT2D eigenvalue weighted by molar-refractivity contribution is 6.09. The van der Waals surface area contributed by atoms with E-state index in [2.05, 4.69) is 0 Å². The van der Waals surface area contributed by atoms with Gasteiger partial charge in [0.25, 0.3) is 0 Å². The fraction of sp³-hybridized carbons (Fsp3) is 0.500. The van der Waals surface area contributed by atoms with Gasteiger partial charge in [0.2, 0.25) is 0 Å². The van der Waals surface area contributed by atoms with Crippen LogP contribution in [-0.4, -0.2) is 30.9 Å². The largest absolute Gasteiger partial charge is 0.512 e. The van der Waals surface area contributed by atoms with Crippen LogP contribution in [0, 0.1) is 0 Å². The van der Waals surface area contributed by atoms with Gasteiger partial charge in [-0.25, -0.2) is 0 Å². The minimum Gasteiger partial charge on any atom is -0.512 e. The zero-order valence-corrected chi connectivity index (χ0v) is 10.7. The van der Waals surface area contributed by atoms with E-state index in [4.69, 9.17) is 9.47 Å². The van der Waals surface area contributed by atoms with Crippen molar-refractivity contribution in [3.8, 4) is 0 Å². The summed E-state index contributed by atoms with van der Waals surface area (Å²) in [5.41, 5.74) is 1.15. The smallest absolute Gasteiger partial charge is 0.191 e. The third kappa shape index (κ3) is 2.26. The zero-order chi connectivity index (χ0) is 13.2. The maximum atomic E-state index is 12.3. The molecule has 0 spiro atoms. The van der Waals surface area contributed by atoms with Crippen LogP contribution in [0.25, 0.3) is 0 Å². The van der Waals surface area contributed by atoms with Crippen molar-refractivity contribution in [2.24, 2.45) is 0 Å². The summed E-state index contributed by atoms with van der Waals surface area (Å²) in [6.07, 6.45) is 7.77. The second-order valence-electron chi connectivity index (χ2n) is 4.56. The van der Waals surface area contributed by atoms with E-state index in [0.717, 1.165) is 6.42 Å². The fourth-order valence-electron chi connectivity index (χ4n) is 2.38. The molecule has 4 heteroatoms. The van der Waals surface area contributed by atoms with E-state index in [9.17, 15) is 9.90 Å². The number of hydrogen-bond donors (Lipinski definition) is 1. The molecule has 0 aromatic heterocycles. The molecule has 18 heavy (non-hydrogen) atoms. The molecule has 2 rings (SSSR count). The molecule has 98 valence electrons. The Morgan fingerprint density at radius 3 is 2.61 bits per heavy atom. The van der Waals surface area contributed by atoms with Gasteiger partial charge in [-0.05, 0) is 18.9 Å². The maximum absolute atomic E-state index is 12.3. The lowest BCUT2D eigenvalue weighted by Gasteiger charge is -2.30. The molecule has 0 amide bonds. The van der Waals surface area contributed by atoms with Gasteiger partial charge in [0.1, 0.15) is 0 Å². The Morgan fingerprint density at radius 1 is 1.33 bits per heavy atom. The standard InChI is InChI=1S/C14H18O4/c1-17-14(18-2)8-4-5-10(9-14)13(16)11-6-3-7-12(11)15/h4-5,8,15H,3,6-7,9H2,1-2H3. The van der Waals surface area contributed by atoms with Gasteiger partial charge in [0, 0.05) is 38.2 Å². The van der Waals surface area contributed by atoms with Crippen molar-refractivity contribution in [2.75, 3.05) is 14.2 Å². The van der Waals surface area contributed by atoms with Crippen LogP contribution >= 0.6 is 0 Å². The number of allylic oxidation sites excluding steroid dienone is 4. The fourth-order valence-corrected chi connectivity index (χ4v) is 2.38. The summed E-state index contributed by atoms with van der Waals surface area (Å²) < 4.78 is 10.6. The zero-order valence-electron chi connectivity index (χ0n) is 10.7. The van der Waals surface area contributed by atoms with Crippen molar-refractivity contribution >= 4 is 5.78 Å². The number of carbonyl (C=O) groups is 1. The van der Waals surface area contributed by atoms with Crippen molar-refractivity contribution in [2.45, 2.75) is 31.5 Å². The minimum absolute atomic E-state index is 0.0900. The normalized spacial score (nSPS) is 22.2. The molecule has 2 aliphatic rings. The SMILES string of the molecule is COC1(OC)C=CC=C(C(=O)C2=C(O)CCC2)C1. The number of aliphatic hydroxyl groups excluding tert-OH is 1. The number of rotatable bonds is 4. The molecular formula is C14H18O4. The van der Waals surface area contributed by atoms with Crippen LogP contribution in [0.3, 0.4) is 0 Å². The summed E-state index contributed by atoms with van der Waals surface area (Å²) in [7, 11) is 3.10. The highest BCUT2D eigenvalue weighted by Gasteiger charge is 2.33. The Morgan fingerprint density at radius 2 is 2.06 bits per heavy atom. The van der Waals surface area contributed by atoms with Crippen LogP contribution in [-0.2, 0) is 14.3 Å². The van der Waals surface area contributed by atoms with E-state index in [0.29, 0.717) is 30.4 Å². The van der Waals surface area contributed by atoms with Crippen LogP contribution in [0.4, 0.5) is 0 Å². The van der Waals surface area contributed by atoms with Crippen molar-refractivity contribution in [1.82, 2.24) is 0 Å². The predicted octanol–water partition coefficient (Wildman–Crippen LogP) is 2.43. The van der Waals surface area contributed by atoms with Crippen molar-refractivity contribution in [3.05, 3.63) is 35.1 Å². The number of aliphatic hydroxyl groups is 1. The minimum atomic E-state index is -0.867. The average molecular weight is 250 g/mol. The lowest BCUT2D eigenvalue weighted by atomic mass is 9.92. The summed E-state index contributed by atoms with van der Waals surface area (Å²) in [5.74, 6) is -0.724. The quantitative estimate of drug-likeness (QED) is 0.778. The predicted molar refractivity (Wildman–Crippen MR) is 67.1 cm³/mol. The van der Waals surface area contributed by atoms with E-state index < -0.39 is 5.79 Å². The molecule has 0 heterocycles. The number of methoxy groups -OCH3 is 2. The van der Waals surface area contributed by atoms with Crippen LogP contribution in [0.5, 0.6) is 0 Å². The average Bonchev–Trinajstić information content (AvgIpc) is 2.84. The molecule has 0 bridgehead atoms. The second-order valence-corrected chi connectivity index (χ2v) is 4.56. The number of carbonyl (C=O) groups excluding carboxylic acids is 1. The Balaban J connectivity index is 2.20. The molecule has 1 N–H and O–H groups in total. The van der Waals surface area contributed by atoms with Crippen molar-refractivity contribution in [1.29, 1.82) is 0 Å². The topological polar surface area (TPSA) is 55.8 Å². The Bertz CT molecular complexity index is 439. The first-order chi connectivity index (χ1) is 8.62. The first kappa shape index (κ1) is 13.1. The lowest BCUT2D eigenvalue weighted by molar-refractivity contribution is -0.170. The maximum Gasteiger partial charge on any atom is 0.191 e. The van der Waals surface area contributed by atoms with Crippen LogP contribution in [0.1, 0.15) is 25.7 Å². The number of hydrogen-bond acceptors (Lipinski definition) is 4. The Labute approximate surface area is 107 Å². The van der Waals surface area contributed by atoms with Gasteiger partial charge in [-0.3, -0.25) is 4.79 Å². The molecule has 4 nitrogen and oxygen atoms in total. The highest BCUT2D eigenvalue weighted by Crippen LogP contribution is 2.32. The van der Waals surface area contributed by atoms with E-state index in [1.165, 1.54) is 0 Å². The third-order valence-corrected chi connectivity index (χ3v) is 3.53. The molecule has 0 aromatic carbocycles. The highest BCUT2D eigenvalue weighted by atomic mass is 16.7. The molecule has 0 aliphatic heterocycles. The molecule has 0 saturated carbocycles. The van der Waals surface area contributed by atoms with Crippen molar-refractivity contribution < 1.29 is 19.4 Å². The van der Waals surface area contributed by atoms with E-state index in [-0.39, 0.29) is 11.5 Å². The summed E-state index contributed by atoms with van der Waals surface area (Å²) in [4.78, 5) is 12.3. The monoisotopic (exact) mass is 250 g/mol. The Kier molecular flexibility index (Phi) is 3.68. The number of ketones is 1. The molecule has 0 atom stereocenters. The molecule has 2 aliphatic carbocycles. The lowest BCUT2D eigenvalue weighted by Crippen LogP contribution is -2.34. The van der Waals surface area contributed by atoms with Gasteiger partial charge < -0.3 is 14.6 Å². The Hall–Kier alpha value is -1.39. The van der Waals surface area contributed by atoms with E-state index in [1.54, 1.807) is 32.4 Å². The summed E-state index contributed by atoms with van der Waals surface area (Å²) in [6.45, 7) is 0. The van der Waals surface area contributed by atoms with Crippen LogP contribution < -0.4 is 0 Å². The number of Topliss-reactive ketones (excluding diaryl/α,β-unsaturated/α-hetero) is 1. The van der Waals surface area contributed by atoms with E-state index >= 15 is 0 Å². The summed E-state index contributed by atoms with van der Waals surface area (Å²) in [5, 5.41) is 9.69. The molecular weight excluding hydrogens is 232 g/mol. The first-order valence-corrected chi connectivity index (χ1v) is 6.06. The molecule has 0 radical (unpaired) electrons. The van der Waals surface area contributed by atoms with Gasteiger partial charge in [-0.1, -0.05) is 12.2 Å². The molecule has 0 aromatic rings. The molecule has 0 unspecified atom stereocenters. The second kappa shape index (κ2) is 5.08. The first-order valence-electron chi connectivity index (χ1n) is 6.06. The van der Waals surface area contributed by atoms with Crippen LogP contribution in [0.2, 0.25) is 0 Å². The van der Waals surface area contributed by atoms with Gasteiger partial charge in [-0.15, -0.1) is 0 Å². The molecule has 0 saturated heterocycles.